The SMILES string of the molecule is Cc1cc(C(=O)NC(CO)C(C)C)c(C)s1. The monoisotopic (exact) mass is 241 g/mol. The lowest BCUT2D eigenvalue weighted by Crippen LogP contribution is -2.41. The van der Waals surface area contributed by atoms with Crippen LogP contribution in [0.3, 0.4) is 0 Å². The van der Waals surface area contributed by atoms with E-state index in [0.717, 1.165) is 15.3 Å². The second-order valence-electron chi connectivity index (χ2n) is 4.33. The number of aliphatic hydroxyl groups is 1. The Morgan fingerprint density at radius 1 is 1.50 bits per heavy atom. The molecule has 0 spiro atoms. The normalized spacial score (nSPS) is 12.9. The predicted octanol–water partition coefficient (Wildman–Crippen LogP) is 2.11. The highest BCUT2D eigenvalue weighted by molar-refractivity contribution is 7.12. The standard InChI is InChI=1S/C12H19NO2S/c1-7(2)11(6-14)13-12(15)10-5-8(3)16-9(10)4/h5,7,11,14H,6H2,1-4H3,(H,13,15). The van der Waals surface area contributed by atoms with Gasteiger partial charge in [-0.05, 0) is 25.8 Å². The fourth-order valence-electron chi connectivity index (χ4n) is 1.53. The number of aryl methyl sites for hydroxylation is 2. The molecule has 1 atom stereocenters. The minimum atomic E-state index is -0.174. The van der Waals surface area contributed by atoms with E-state index in [1.807, 2.05) is 33.8 Å². The van der Waals surface area contributed by atoms with Crippen molar-refractivity contribution in [2.75, 3.05) is 6.61 Å². The van der Waals surface area contributed by atoms with Crippen molar-refractivity contribution in [1.29, 1.82) is 0 Å². The first-order valence-electron chi connectivity index (χ1n) is 5.44. The fourth-order valence-corrected chi connectivity index (χ4v) is 2.45. The van der Waals surface area contributed by atoms with Crippen molar-refractivity contribution < 1.29 is 9.90 Å². The maximum atomic E-state index is 11.9. The highest BCUT2D eigenvalue weighted by Gasteiger charge is 2.18. The number of thiophene rings is 1. The molecule has 0 aromatic carbocycles. The first-order valence-corrected chi connectivity index (χ1v) is 6.26. The van der Waals surface area contributed by atoms with Gasteiger partial charge in [-0.3, -0.25) is 4.79 Å². The van der Waals surface area contributed by atoms with Crippen molar-refractivity contribution in [3.8, 4) is 0 Å². The van der Waals surface area contributed by atoms with Gasteiger partial charge >= 0.3 is 0 Å². The maximum Gasteiger partial charge on any atom is 0.252 e. The molecule has 16 heavy (non-hydrogen) atoms. The molecule has 0 aliphatic carbocycles. The Morgan fingerprint density at radius 2 is 2.12 bits per heavy atom. The molecule has 3 nitrogen and oxygen atoms in total. The van der Waals surface area contributed by atoms with E-state index in [1.54, 1.807) is 11.3 Å². The Morgan fingerprint density at radius 3 is 2.50 bits per heavy atom. The Hall–Kier alpha value is -0.870. The Balaban J connectivity index is 2.75. The van der Waals surface area contributed by atoms with Crippen LogP contribution in [0.1, 0.15) is 34.0 Å². The molecule has 1 aromatic rings. The van der Waals surface area contributed by atoms with E-state index in [4.69, 9.17) is 5.11 Å². The smallest absolute Gasteiger partial charge is 0.252 e. The average Bonchev–Trinajstić information content (AvgIpc) is 2.53. The number of carbonyl (C=O) groups excluding carboxylic acids is 1. The first kappa shape index (κ1) is 13.2. The third-order valence-corrected chi connectivity index (χ3v) is 3.57. The highest BCUT2D eigenvalue weighted by atomic mass is 32.1. The summed E-state index contributed by atoms with van der Waals surface area (Å²) in [6.45, 7) is 7.86. The predicted molar refractivity (Wildman–Crippen MR) is 67.0 cm³/mol. The lowest BCUT2D eigenvalue weighted by Gasteiger charge is -2.19. The number of carbonyl (C=O) groups is 1. The van der Waals surface area contributed by atoms with Gasteiger partial charge in [0.1, 0.15) is 0 Å². The number of rotatable bonds is 4. The molecule has 1 unspecified atom stereocenters. The van der Waals surface area contributed by atoms with Crippen LogP contribution in [0, 0.1) is 19.8 Å². The van der Waals surface area contributed by atoms with Crippen LogP contribution in [0.25, 0.3) is 0 Å². The molecule has 0 aliphatic rings. The fraction of sp³-hybridized carbons (Fsp3) is 0.583. The van der Waals surface area contributed by atoms with Gasteiger partial charge in [-0.1, -0.05) is 13.8 Å². The maximum absolute atomic E-state index is 11.9. The van der Waals surface area contributed by atoms with Gasteiger partial charge in [0.25, 0.3) is 5.91 Å². The molecule has 0 saturated carbocycles. The van der Waals surface area contributed by atoms with Crippen LogP contribution in [0.2, 0.25) is 0 Å². The third-order valence-electron chi connectivity index (χ3n) is 2.60. The first-order chi connectivity index (χ1) is 7.45. The molecule has 1 rings (SSSR count). The Labute approximate surface area is 100 Å². The lowest BCUT2D eigenvalue weighted by molar-refractivity contribution is 0.0896. The summed E-state index contributed by atoms with van der Waals surface area (Å²) in [5.74, 6) is 0.142. The van der Waals surface area contributed by atoms with Crippen LogP contribution in [0.5, 0.6) is 0 Å². The van der Waals surface area contributed by atoms with E-state index in [1.165, 1.54) is 0 Å². The summed E-state index contributed by atoms with van der Waals surface area (Å²) in [4.78, 5) is 14.1. The summed E-state index contributed by atoms with van der Waals surface area (Å²) in [6, 6.07) is 1.72. The van der Waals surface area contributed by atoms with E-state index in [-0.39, 0.29) is 24.5 Å². The van der Waals surface area contributed by atoms with E-state index in [0.29, 0.717) is 0 Å². The van der Waals surface area contributed by atoms with Gasteiger partial charge in [-0.25, -0.2) is 0 Å². The second kappa shape index (κ2) is 5.46. The molecule has 4 heteroatoms. The van der Waals surface area contributed by atoms with Crippen LogP contribution in [-0.2, 0) is 0 Å². The number of hydrogen-bond acceptors (Lipinski definition) is 3. The molecule has 0 saturated heterocycles. The van der Waals surface area contributed by atoms with Gasteiger partial charge in [0.2, 0.25) is 0 Å². The zero-order valence-corrected chi connectivity index (χ0v) is 11.0. The molecule has 1 heterocycles. The lowest BCUT2D eigenvalue weighted by atomic mass is 10.0. The van der Waals surface area contributed by atoms with Crippen molar-refractivity contribution in [2.24, 2.45) is 5.92 Å². The van der Waals surface area contributed by atoms with E-state index >= 15 is 0 Å². The molecule has 1 amide bonds. The number of aliphatic hydroxyl groups excluding tert-OH is 1. The summed E-state index contributed by atoms with van der Waals surface area (Å²) >= 11 is 1.62. The van der Waals surface area contributed by atoms with Crippen molar-refractivity contribution in [1.82, 2.24) is 5.32 Å². The molecule has 0 bridgehead atoms. The minimum Gasteiger partial charge on any atom is -0.394 e. The summed E-state index contributed by atoms with van der Waals surface area (Å²) in [5.41, 5.74) is 0.724. The topological polar surface area (TPSA) is 49.3 Å². The van der Waals surface area contributed by atoms with E-state index in [9.17, 15) is 4.79 Å². The van der Waals surface area contributed by atoms with Crippen molar-refractivity contribution in [2.45, 2.75) is 33.7 Å². The summed E-state index contributed by atoms with van der Waals surface area (Å²) in [5, 5.41) is 12.0. The van der Waals surface area contributed by atoms with E-state index < -0.39 is 0 Å². The number of nitrogens with one attached hydrogen (secondary N) is 1. The summed E-state index contributed by atoms with van der Waals surface area (Å²) < 4.78 is 0. The van der Waals surface area contributed by atoms with E-state index in [2.05, 4.69) is 5.32 Å². The Kier molecular flexibility index (Phi) is 4.50. The van der Waals surface area contributed by atoms with Gasteiger partial charge in [0.15, 0.2) is 0 Å². The molecule has 0 aliphatic heterocycles. The van der Waals surface area contributed by atoms with Crippen LogP contribution in [0.15, 0.2) is 6.07 Å². The van der Waals surface area contributed by atoms with Gasteiger partial charge in [0.05, 0.1) is 18.2 Å². The second-order valence-corrected chi connectivity index (χ2v) is 5.79. The molecule has 0 fully saturated rings. The zero-order chi connectivity index (χ0) is 12.3. The summed E-state index contributed by atoms with van der Waals surface area (Å²) in [7, 11) is 0. The average molecular weight is 241 g/mol. The van der Waals surface area contributed by atoms with Crippen LogP contribution in [0.4, 0.5) is 0 Å². The molecule has 1 aromatic heterocycles. The minimum absolute atomic E-state index is 0.0222. The highest BCUT2D eigenvalue weighted by Crippen LogP contribution is 2.20. The zero-order valence-electron chi connectivity index (χ0n) is 10.2. The van der Waals surface area contributed by atoms with Gasteiger partial charge in [-0.2, -0.15) is 0 Å². The molecule has 90 valence electrons. The van der Waals surface area contributed by atoms with Crippen LogP contribution in [-0.4, -0.2) is 23.7 Å². The molecular formula is C12H19NO2S. The van der Waals surface area contributed by atoms with Gasteiger partial charge < -0.3 is 10.4 Å². The largest absolute Gasteiger partial charge is 0.394 e. The molecule has 0 radical (unpaired) electrons. The van der Waals surface area contributed by atoms with Crippen molar-refractivity contribution in [3.63, 3.8) is 0 Å². The number of hydrogen-bond donors (Lipinski definition) is 2. The molecular weight excluding hydrogens is 222 g/mol. The molecule has 2 N–H and O–H groups in total. The Bertz CT molecular complexity index is 371. The van der Waals surface area contributed by atoms with Crippen molar-refractivity contribution >= 4 is 17.2 Å². The van der Waals surface area contributed by atoms with Gasteiger partial charge in [-0.15, -0.1) is 11.3 Å². The van der Waals surface area contributed by atoms with Crippen molar-refractivity contribution in [3.05, 3.63) is 21.4 Å². The van der Waals surface area contributed by atoms with Gasteiger partial charge in [0, 0.05) is 9.75 Å². The van der Waals surface area contributed by atoms with Crippen LogP contribution >= 0.6 is 11.3 Å². The summed E-state index contributed by atoms with van der Waals surface area (Å²) in [6.07, 6.45) is 0. The third kappa shape index (κ3) is 3.06. The quantitative estimate of drug-likeness (QED) is 0.848. The number of amides is 1. The van der Waals surface area contributed by atoms with Crippen LogP contribution < -0.4 is 5.32 Å².